The maximum absolute atomic E-state index is 13.9. The zero-order valence-electron chi connectivity index (χ0n) is 22.3. The van der Waals surface area contributed by atoms with Gasteiger partial charge >= 0.3 is 0 Å². The first-order valence-corrected chi connectivity index (χ1v) is 14.2. The molecule has 0 saturated carbocycles. The van der Waals surface area contributed by atoms with Crippen molar-refractivity contribution in [2.75, 3.05) is 10.8 Å². The molecule has 0 aliphatic heterocycles. The predicted octanol–water partition coefficient (Wildman–Crippen LogP) is 5.09. The molecule has 3 rings (SSSR count). The number of nitrogens with one attached hydrogen (secondary N) is 1. The molecule has 3 aromatic carbocycles. The maximum Gasteiger partial charge on any atom is 0.264 e. The smallest absolute Gasteiger partial charge is 0.264 e. The monoisotopic (exact) mass is 555 g/mol. The summed E-state index contributed by atoms with van der Waals surface area (Å²) in [5.74, 6) is -0.876. The maximum atomic E-state index is 13.9. The number of rotatable bonds is 10. The van der Waals surface area contributed by atoms with Crippen LogP contribution >= 0.6 is 11.6 Å². The molecule has 0 aliphatic rings. The summed E-state index contributed by atoms with van der Waals surface area (Å²) in [7, 11) is -4.10. The third-order valence-electron chi connectivity index (χ3n) is 6.00. The molecule has 0 radical (unpaired) electrons. The quantitative estimate of drug-likeness (QED) is 0.377. The van der Waals surface area contributed by atoms with Crippen LogP contribution in [0.25, 0.3) is 0 Å². The van der Waals surface area contributed by atoms with Crippen LogP contribution in [0.15, 0.2) is 77.7 Å². The molecule has 1 atom stereocenters. The van der Waals surface area contributed by atoms with Crippen molar-refractivity contribution in [1.82, 2.24) is 10.2 Å². The molecule has 0 saturated heterocycles. The van der Waals surface area contributed by atoms with Gasteiger partial charge in [-0.05, 0) is 81.6 Å². The van der Waals surface area contributed by atoms with Gasteiger partial charge in [-0.2, -0.15) is 0 Å². The molecule has 0 aromatic heterocycles. The summed E-state index contributed by atoms with van der Waals surface area (Å²) >= 11 is 6.39. The van der Waals surface area contributed by atoms with Crippen molar-refractivity contribution in [2.45, 2.75) is 58.1 Å². The first-order chi connectivity index (χ1) is 17.9. The molecule has 38 heavy (non-hydrogen) atoms. The molecule has 9 heteroatoms. The van der Waals surface area contributed by atoms with Crippen LogP contribution in [0.2, 0.25) is 5.02 Å². The van der Waals surface area contributed by atoms with Gasteiger partial charge in [-0.3, -0.25) is 13.9 Å². The molecule has 202 valence electrons. The number of carbonyl (C=O) groups is 2. The summed E-state index contributed by atoms with van der Waals surface area (Å²) in [5, 5.41) is 3.29. The average molecular weight is 556 g/mol. The normalized spacial score (nSPS) is 12.2. The number of halogens is 1. The lowest BCUT2D eigenvalue weighted by Gasteiger charge is -2.32. The van der Waals surface area contributed by atoms with E-state index in [1.54, 1.807) is 61.5 Å². The van der Waals surface area contributed by atoms with Crippen LogP contribution in [0.3, 0.4) is 0 Å². The highest BCUT2D eigenvalue weighted by Crippen LogP contribution is 2.27. The standard InChI is InChI=1S/C29H34ClN3O4S/c1-20(2)31-29(35)23(5)32(18-24-11-9-10-14-27(24)30)28(34)19-33(25-16-21(3)15-22(4)17-25)38(36,37)26-12-7-6-8-13-26/h6-17,20,23H,18-19H2,1-5H3,(H,31,35)/t23-/m1/s1. The molecule has 2 amide bonds. The molecule has 7 nitrogen and oxygen atoms in total. The van der Waals surface area contributed by atoms with E-state index >= 15 is 0 Å². The fraction of sp³-hybridized carbons (Fsp3) is 0.310. The van der Waals surface area contributed by atoms with E-state index in [1.165, 1.54) is 17.0 Å². The zero-order chi connectivity index (χ0) is 28.0. The number of amides is 2. The summed E-state index contributed by atoms with van der Waals surface area (Å²) in [6, 6.07) is 19.4. The van der Waals surface area contributed by atoms with Crippen molar-refractivity contribution in [3.05, 3.63) is 94.5 Å². The molecule has 0 heterocycles. The van der Waals surface area contributed by atoms with Crippen molar-refractivity contribution >= 4 is 39.1 Å². The molecule has 0 aliphatic carbocycles. The van der Waals surface area contributed by atoms with E-state index in [2.05, 4.69) is 5.32 Å². The minimum Gasteiger partial charge on any atom is -0.352 e. The highest BCUT2D eigenvalue weighted by atomic mass is 35.5. The second-order valence-electron chi connectivity index (χ2n) is 9.62. The summed E-state index contributed by atoms with van der Waals surface area (Å²) in [6.07, 6.45) is 0. The Labute approximate surface area is 230 Å². The number of nitrogens with zero attached hydrogens (tertiary/aromatic N) is 2. The van der Waals surface area contributed by atoms with Crippen LogP contribution in [0.1, 0.15) is 37.5 Å². The number of anilines is 1. The Balaban J connectivity index is 2.07. The number of sulfonamides is 1. The van der Waals surface area contributed by atoms with Gasteiger partial charge < -0.3 is 10.2 Å². The Bertz CT molecular complexity index is 1370. The van der Waals surface area contributed by atoms with Crippen LogP contribution in [0.5, 0.6) is 0 Å². The highest BCUT2D eigenvalue weighted by Gasteiger charge is 2.33. The molecule has 1 N–H and O–H groups in total. The van der Waals surface area contributed by atoms with Crippen LogP contribution in [0, 0.1) is 13.8 Å². The highest BCUT2D eigenvalue weighted by molar-refractivity contribution is 7.92. The Morgan fingerprint density at radius 1 is 0.895 bits per heavy atom. The van der Waals surface area contributed by atoms with Crippen molar-refractivity contribution in [3.63, 3.8) is 0 Å². The van der Waals surface area contributed by atoms with E-state index in [1.807, 2.05) is 33.8 Å². The van der Waals surface area contributed by atoms with Crippen molar-refractivity contribution in [3.8, 4) is 0 Å². The number of hydrogen-bond donors (Lipinski definition) is 1. The third kappa shape index (κ3) is 7.14. The minimum atomic E-state index is -4.10. The van der Waals surface area contributed by atoms with Gasteiger partial charge in [0.2, 0.25) is 11.8 Å². The van der Waals surface area contributed by atoms with E-state index in [-0.39, 0.29) is 23.4 Å². The van der Waals surface area contributed by atoms with Gasteiger partial charge in [0.25, 0.3) is 10.0 Å². The van der Waals surface area contributed by atoms with Gasteiger partial charge in [0.1, 0.15) is 12.6 Å². The van der Waals surface area contributed by atoms with Crippen molar-refractivity contribution in [2.24, 2.45) is 0 Å². The molecule has 0 bridgehead atoms. The lowest BCUT2D eigenvalue weighted by atomic mass is 10.1. The van der Waals surface area contributed by atoms with Gasteiger partial charge in [0.05, 0.1) is 10.6 Å². The topological polar surface area (TPSA) is 86.8 Å². The zero-order valence-corrected chi connectivity index (χ0v) is 23.9. The predicted molar refractivity (Wildman–Crippen MR) is 152 cm³/mol. The summed E-state index contributed by atoms with van der Waals surface area (Å²) in [4.78, 5) is 28.3. The second-order valence-corrected chi connectivity index (χ2v) is 11.9. The molecule has 0 unspecified atom stereocenters. The molecule has 0 fully saturated rings. The van der Waals surface area contributed by atoms with Crippen LogP contribution in [-0.2, 0) is 26.2 Å². The van der Waals surface area contributed by atoms with E-state index in [0.29, 0.717) is 16.3 Å². The molecule has 3 aromatic rings. The van der Waals surface area contributed by atoms with Gasteiger partial charge in [0, 0.05) is 17.6 Å². The van der Waals surface area contributed by atoms with E-state index in [4.69, 9.17) is 11.6 Å². The van der Waals surface area contributed by atoms with E-state index in [0.717, 1.165) is 15.4 Å². The number of carbonyl (C=O) groups excluding carboxylic acids is 2. The van der Waals surface area contributed by atoms with Crippen molar-refractivity contribution < 1.29 is 18.0 Å². The number of aryl methyl sites for hydroxylation is 2. The summed E-state index contributed by atoms with van der Waals surface area (Å²) < 4.78 is 28.8. The first kappa shape index (κ1) is 29.2. The van der Waals surface area contributed by atoms with Crippen LogP contribution in [-0.4, -0.2) is 43.8 Å². The molecule has 0 spiro atoms. The second kappa shape index (κ2) is 12.5. The number of hydrogen-bond acceptors (Lipinski definition) is 4. The largest absolute Gasteiger partial charge is 0.352 e. The lowest BCUT2D eigenvalue weighted by Crippen LogP contribution is -2.52. The van der Waals surface area contributed by atoms with Gasteiger partial charge in [-0.1, -0.05) is 54.1 Å². The lowest BCUT2D eigenvalue weighted by molar-refractivity contribution is -0.139. The van der Waals surface area contributed by atoms with Gasteiger partial charge in [0.15, 0.2) is 0 Å². The SMILES string of the molecule is Cc1cc(C)cc(N(CC(=O)N(Cc2ccccc2Cl)[C@H](C)C(=O)NC(C)C)S(=O)(=O)c2ccccc2)c1. The Morgan fingerprint density at radius 3 is 2.05 bits per heavy atom. The molecular formula is C29H34ClN3O4S. The van der Waals surface area contributed by atoms with Gasteiger partial charge in [-0.25, -0.2) is 8.42 Å². The van der Waals surface area contributed by atoms with Crippen molar-refractivity contribution in [1.29, 1.82) is 0 Å². The van der Waals surface area contributed by atoms with Crippen LogP contribution in [0.4, 0.5) is 5.69 Å². The minimum absolute atomic E-state index is 0.0389. The Hall–Kier alpha value is -3.36. The fourth-order valence-corrected chi connectivity index (χ4v) is 5.76. The fourth-order valence-electron chi connectivity index (χ4n) is 4.14. The summed E-state index contributed by atoms with van der Waals surface area (Å²) in [6.45, 7) is 8.57. The Morgan fingerprint density at radius 2 is 1.47 bits per heavy atom. The van der Waals surface area contributed by atoms with Crippen LogP contribution < -0.4 is 9.62 Å². The van der Waals surface area contributed by atoms with E-state index in [9.17, 15) is 18.0 Å². The third-order valence-corrected chi connectivity index (χ3v) is 8.16. The summed E-state index contributed by atoms with van der Waals surface area (Å²) in [5.41, 5.74) is 2.74. The van der Waals surface area contributed by atoms with Gasteiger partial charge in [-0.15, -0.1) is 0 Å². The number of benzene rings is 3. The average Bonchev–Trinajstić information content (AvgIpc) is 2.85. The molecular weight excluding hydrogens is 522 g/mol. The first-order valence-electron chi connectivity index (χ1n) is 12.4. The Kier molecular flexibility index (Phi) is 9.57. The van der Waals surface area contributed by atoms with E-state index < -0.39 is 28.5 Å².